The van der Waals surface area contributed by atoms with Crippen LogP contribution in [0.15, 0.2) is 82.6 Å². The molecule has 0 saturated heterocycles. The number of furan rings is 1. The zero-order valence-corrected chi connectivity index (χ0v) is 18.5. The molecule has 1 aliphatic heterocycles. The molecule has 2 atom stereocenters. The second kappa shape index (κ2) is 11.3. The van der Waals surface area contributed by atoms with Gasteiger partial charge in [-0.25, -0.2) is 0 Å². The van der Waals surface area contributed by atoms with Crippen LogP contribution in [0.2, 0.25) is 5.02 Å². The zero-order valence-electron chi connectivity index (χ0n) is 17.8. The maximum Gasteiger partial charge on any atom is 0.145 e. The highest BCUT2D eigenvalue weighted by Gasteiger charge is 2.26. The van der Waals surface area contributed by atoms with Gasteiger partial charge in [-0.3, -0.25) is 4.90 Å². The SMILES string of the molecule is O[C@@H](COCc1ccco1)CN(Cc1ccccc1)C[C@H]1CC(c2ccc(Cl)cc2)=NO1. The molecule has 1 N–H and O–H groups in total. The van der Waals surface area contributed by atoms with Crippen molar-refractivity contribution in [2.75, 3.05) is 19.7 Å². The molecular weight excluding hydrogens is 428 g/mol. The van der Waals surface area contributed by atoms with Gasteiger partial charge in [-0.1, -0.05) is 59.2 Å². The highest BCUT2D eigenvalue weighted by Crippen LogP contribution is 2.20. The lowest BCUT2D eigenvalue weighted by Crippen LogP contribution is -2.39. The van der Waals surface area contributed by atoms with Gasteiger partial charge in [0.05, 0.1) is 24.7 Å². The molecule has 0 fully saturated rings. The van der Waals surface area contributed by atoms with Crippen LogP contribution in [0.4, 0.5) is 0 Å². The fourth-order valence-corrected chi connectivity index (χ4v) is 3.84. The zero-order chi connectivity index (χ0) is 22.2. The van der Waals surface area contributed by atoms with Gasteiger partial charge in [0.1, 0.15) is 18.5 Å². The van der Waals surface area contributed by atoms with E-state index in [0.717, 1.165) is 17.0 Å². The number of nitrogens with zero attached hydrogens (tertiary/aromatic N) is 2. The van der Waals surface area contributed by atoms with Crippen LogP contribution >= 0.6 is 11.6 Å². The van der Waals surface area contributed by atoms with E-state index in [4.69, 9.17) is 25.6 Å². The van der Waals surface area contributed by atoms with Gasteiger partial charge < -0.3 is 19.1 Å². The van der Waals surface area contributed by atoms with E-state index in [9.17, 15) is 5.11 Å². The number of oxime groups is 1. The summed E-state index contributed by atoms with van der Waals surface area (Å²) < 4.78 is 10.9. The molecule has 0 amide bonds. The Labute approximate surface area is 193 Å². The van der Waals surface area contributed by atoms with Crippen molar-refractivity contribution in [1.82, 2.24) is 4.90 Å². The molecule has 32 heavy (non-hydrogen) atoms. The highest BCUT2D eigenvalue weighted by molar-refractivity contribution is 6.30. The molecule has 1 aliphatic rings. The lowest BCUT2D eigenvalue weighted by atomic mass is 10.0. The van der Waals surface area contributed by atoms with Crippen molar-refractivity contribution in [2.45, 2.75) is 31.8 Å². The number of hydrogen-bond donors (Lipinski definition) is 1. The molecule has 168 valence electrons. The summed E-state index contributed by atoms with van der Waals surface area (Å²) in [6.45, 7) is 2.37. The predicted molar refractivity (Wildman–Crippen MR) is 124 cm³/mol. The summed E-state index contributed by atoms with van der Waals surface area (Å²) in [7, 11) is 0. The van der Waals surface area contributed by atoms with Gasteiger partial charge in [0.15, 0.2) is 0 Å². The Kier molecular flexibility index (Phi) is 7.96. The lowest BCUT2D eigenvalue weighted by molar-refractivity contribution is -0.00955. The Hall–Kier alpha value is -2.64. The Balaban J connectivity index is 1.32. The maximum absolute atomic E-state index is 10.6. The molecule has 0 saturated carbocycles. The first-order chi connectivity index (χ1) is 15.7. The first-order valence-corrected chi connectivity index (χ1v) is 11.1. The van der Waals surface area contributed by atoms with Gasteiger partial charge in [0, 0.05) is 31.1 Å². The Morgan fingerprint density at radius 2 is 1.91 bits per heavy atom. The molecule has 3 aromatic rings. The van der Waals surface area contributed by atoms with Crippen molar-refractivity contribution in [3.05, 3.63) is 94.9 Å². The molecule has 0 unspecified atom stereocenters. The number of rotatable bonds is 11. The molecule has 4 rings (SSSR count). The van der Waals surface area contributed by atoms with E-state index in [2.05, 4.69) is 22.2 Å². The van der Waals surface area contributed by atoms with Crippen molar-refractivity contribution in [3.8, 4) is 0 Å². The average molecular weight is 455 g/mol. The Bertz CT molecular complexity index is 977. The van der Waals surface area contributed by atoms with E-state index in [1.807, 2.05) is 54.6 Å². The quantitative estimate of drug-likeness (QED) is 0.462. The maximum atomic E-state index is 10.6. The summed E-state index contributed by atoms with van der Waals surface area (Å²) in [6, 6.07) is 21.5. The lowest BCUT2D eigenvalue weighted by Gasteiger charge is -2.27. The number of benzene rings is 2. The van der Waals surface area contributed by atoms with Gasteiger partial charge in [-0.15, -0.1) is 0 Å². The molecule has 0 aliphatic carbocycles. The van der Waals surface area contributed by atoms with Crippen LogP contribution in [0.1, 0.15) is 23.3 Å². The summed E-state index contributed by atoms with van der Waals surface area (Å²) in [4.78, 5) is 7.90. The molecule has 0 radical (unpaired) electrons. The fourth-order valence-electron chi connectivity index (χ4n) is 3.71. The molecule has 2 aromatic carbocycles. The predicted octanol–water partition coefficient (Wildman–Crippen LogP) is 4.51. The first kappa shape index (κ1) is 22.6. The van der Waals surface area contributed by atoms with Gasteiger partial charge in [0.25, 0.3) is 0 Å². The minimum Gasteiger partial charge on any atom is -0.467 e. The largest absolute Gasteiger partial charge is 0.467 e. The smallest absolute Gasteiger partial charge is 0.145 e. The highest BCUT2D eigenvalue weighted by atomic mass is 35.5. The molecule has 7 heteroatoms. The summed E-state index contributed by atoms with van der Waals surface area (Å²) in [5.41, 5.74) is 3.10. The molecular formula is C25H27ClN2O4. The van der Waals surface area contributed by atoms with Gasteiger partial charge in [0.2, 0.25) is 0 Å². The third kappa shape index (κ3) is 6.68. The second-order valence-electron chi connectivity index (χ2n) is 7.90. The standard InChI is InChI=1S/C25H27ClN2O4/c26-21-10-8-20(9-11-21)25-13-24(32-27-25)16-28(14-19-5-2-1-3-6-19)15-22(29)17-30-18-23-7-4-12-31-23/h1-12,22,24,29H,13-18H2/t22-,24-/m1/s1. The summed E-state index contributed by atoms with van der Waals surface area (Å²) in [6.07, 6.45) is 1.60. The van der Waals surface area contributed by atoms with Crippen molar-refractivity contribution >= 4 is 17.3 Å². The van der Waals surface area contributed by atoms with Gasteiger partial charge in [-0.05, 0) is 35.4 Å². The molecule has 0 spiro atoms. The van der Waals surface area contributed by atoms with Crippen LogP contribution in [-0.4, -0.2) is 47.6 Å². The van der Waals surface area contributed by atoms with E-state index in [1.165, 1.54) is 5.56 Å². The topological polar surface area (TPSA) is 67.4 Å². The minimum atomic E-state index is -0.633. The third-order valence-corrected chi connectivity index (χ3v) is 5.48. The molecule has 6 nitrogen and oxygen atoms in total. The fraction of sp³-hybridized carbons (Fsp3) is 0.320. The Morgan fingerprint density at radius 1 is 1.09 bits per heavy atom. The number of aliphatic hydroxyl groups excluding tert-OH is 1. The number of ether oxygens (including phenoxy) is 1. The Morgan fingerprint density at radius 3 is 2.66 bits per heavy atom. The van der Waals surface area contributed by atoms with E-state index in [1.54, 1.807) is 6.26 Å². The van der Waals surface area contributed by atoms with Crippen molar-refractivity contribution in [2.24, 2.45) is 5.16 Å². The van der Waals surface area contributed by atoms with Gasteiger partial charge in [-0.2, -0.15) is 0 Å². The van der Waals surface area contributed by atoms with Crippen LogP contribution in [0.25, 0.3) is 0 Å². The van der Waals surface area contributed by atoms with Gasteiger partial charge >= 0.3 is 0 Å². The van der Waals surface area contributed by atoms with Crippen LogP contribution in [0.3, 0.4) is 0 Å². The van der Waals surface area contributed by atoms with E-state index < -0.39 is 6.10 Å². The normalized spacial score (nSPS) is 16.7. The summed E-state index contributed by atoms with van der Waals surface area (Å²) in [5, 5.41) is 15.6. The van der Waals surface area contributed by atoms with Crippen LogP contribution in [0, 0.1) is 0 Å². The first-order valence-electron chi connectivity index (χ1n) is 10.7. The van der Waals surface area contributed by atoms with Crippen molar-refractivity contribution in [3.63, 3.8) is 0 Å². The molecule has 1 aromatic heterocycles. The number of hydrogen-bond acceptors (Lipinski definition) is 6. The average Bonchev–Trinajstić information content (AvgIpc) is 3.47. The van der Waals surface area contributed by atoms with E-state index >= 15 is 0 Å². The van der Waals surface area contributed by atoms with E-state index in [0.29, 0.717) is 37.7 Å². The molecule has 0 bridgehead atoms. The number of aliphatic hydroxyl groups is 1. The van der Waals surface area contributed by atoms with Crippen LogP contribution < -0.4 is 0 Å². The summed E-state index contributed by atoms with van der Waals surface area (Å²) in [5.74, 6) is 0.740. The van der Waals surface area contributed by atoms with Crippen molar-refractivity contribution in [1.29, 1.82) is 0 Å². The van der Waals surface area contributed by atoms with E-state index in [-0.39, 0.29) is 12.7 Å². The van der Waals surface area contributed by atoms with Crippen LogP contribution in [-0.2, 0) is 22.7 Å². The van der Waals surface area contributed by atoms with Crippen molar-refractivity contribution < 1.29 is 19.1 Å². The summed E-state index contributed by atoms with van der Waals surface area (Å²) >= 11 is 5.99. The second-order valence-corrected chi connectivity index (χ2v) is 8.34. The monoisotopic (exact) mass is 454 g/mol. The third-order valence-electron chi connectivity index (χ3n) is 5.22. The molecule has 2 heterocycles. The van der Waals surface area contributed by atoms with Crippen LogP contribution in [0.5, 0.6) is 0 Å². The number of halogens is 1. The minimum absolute atomic E-state index is 0.0828.